The van der Waals surface area contributed by atoms with Gasteiger partial charge in [-0.25, -0.2) is 18.4 Å². The number of sulfone groups is 1. The molecule has 0 radical (unpaired) electrons. The Morgan fingerprint density at radius 1 is 1.17 bits per heavy atom. The van der Waals surface area contributed by atoms with Crippen molar-refractivity contribution in [2.24, 2.45) is 0 Å². The maximum absolute atomic E-state index is 12.9. The summed E-state index contributed by atoms with van der Waals surface area (Å²) in [7, 11) is -3.24. The number of aryl methyl sites for hydroxylation is 2. The van der Waals surface area contributed by atoms with Gasteiger partial charge in [0.05, 0.1) is 21.5 Å². The minimum Gasteiger partial charge on any atom is -0.345 e. The lowest BCUT2D eigenvalue weighted by Gasteiger charge is -2.14. The van der Waals surface area contributed by atoms with Gasteiger partial charge in [0.15, 0.2) is 9.84 Å². The predicted octanol–water partition coefficient (Wildman–Crippen LogP) is 4.08. The van der Waals surface area contributed by atoms with E-state index in [1.54, 1.807) is 24.3 Å². The molecule has 1 atom stereocenters. The minimum atomic E-state index is -3.24. The molecule has 2 aromatic heterocycles. The van der Waals surface area contributed by atoms with Crippen LogP contribution in [0.15, 0.2) is 29.2 Å². The zero-order valence-corrected chi connectivity index (χ0v) is 18.4. The Morgan fingerprint density at radius 2 is 1.83 bits per heavy atom. The van der Waals surface area contributed by atoms with Crippen LogP contribution in [0.5, 0.6) is 0 Å². The number of fused-ring (bicyclic) bond motifs is 1. The molecule has 0 aliphatic heterocycles. The number of hydrogen-bond donors (Lipinski definition) is 1. The molecular formula is C21H23N3O3S2. The van der Waals surface area contributed by atoms with E-state index in [4.69, 9.17) is 4.98 Å². The van der Waals surface area contributed by atoms with Gasteiger partial charge in [0, 0.05) is 17.6 Å². The molecule has 1 aromatic carbocycles. The number of hydrogen-bond acceptors (Lipinski definition) is 6. The summed E-state index contributed by atoms with van der Waals surface area (Å²) in [6.07, 6.45) is 3.45. The number of carbonyl (C=O) groups excluding carboxylic acids is 1. The second-order valence-electron chi connectivity index (χ2n) is 7.71. The second kappa shape index (κ2) is 7.18. The standard InChI is InChI=1S/C21H23N3O3S2/c1-11-17-13(3)22-19(15-5-6-15)24-21(17)28-18(11)20(25)23-12(2)14-7-9-16(10-8-14)29(4,26)27/h7-10,12,15H,5-6H2,1-4H3,(H,23,25). The Bertz CT molecular complexity index is 1210. The molecule has 0 bridgehead atoms. The molecule has 1 unspecified atom stereocenters. The van der Waals surface area contributed by atoms with E-state index in [1.807, 2.05) is 20.8 Å². The molecule has 152 valence electrons. The molecule has 1 fully saturated rings. The van der Waals surface area contributed by atoms with E-state index >= 15 is 0 Å². The van der Waals surface area contributed by atoms with Crippen LogP contribution >= 0.6 is 11.3 Å². The lowest BCUT2D eigenvalue weighted by molar-refractivity contribution is 0.0943. The predicted molar refractivity (Wildman–Crippen MR) is 114 cm³/mol. The summed E-state index contributed by atoms with van der Waals surface area (Å²) in [6.45, 7) is 5.79. The van der Waals surface area contributed by atoms with Crippen LogP contribution in [0.1, 0.15) is 64.0 Å². The maximum Gasteiger partial charge on any atom is 0.262 e. The van der Waals surface area contributed by atoms with Crippen molar-refractivity contribution in [1.82, 2.24) is 15.3 Å². The highest BCUT2D eigenvalue weighted by Crippen LogP contribution is 2.40. The smallest absolute Gasteiger partial charge is 0.262 e. The van der Waals surface area contributed by atoms with Crippen LogP contribution in [0.2, 0.25) is 0 Å². The molecule has 0 spiro atoms. The van der Waals surface area contributed by atoms with Crippen LogP contribution in [0.25, 0.3) is 10.2 Å². The number of carbonyl (C=O) groups is 1. The molecule has 29 heavy (non-hydrogen) atoms. The number of nitrogens with zero attached hydrogens (tertiary/aromatic N) is 2. The highest BCUT2D eigenvalue weighted by atomic mass is 32.2. The van der Waals surface area contributed by atoms with Crippen molar-refractivity contribution in [2.75, 3.05) is 6.26 Å². The molecule has 1 saturated carbocycles. The van der Waals surface area contributed by atoms with E-state index in [-0.39, 0.29) is 16.8 Å². The van der Waals surface area contributed by atoms with Crippen molar-refractivity contribution in [2.45, 2.75) is 50.5 Å². The average Bonchev–Trinajstić information content (AvgIpc) is 3.45. The van der Waals surface area contributed by atoms with E-state index in [1.165, 1.54) is 17.6 Å². The van der Waals surface area contributed by atoms with Gasteiger partial charge in [-0.1, -0.05) is 12.1 Å². The van der Waals surface area contributed by atoms with Crippen molar-refractivity contribution in [3.8, 4) is 0 Å². The van der Waals surface area contributed by atoms with Gasteiger partial charge in [0.25, 0.3) is 5.91 Å². The van der Waals surface area contributed by atoms with Crippen molar-refractivity contribution < 1.29 is 13.2 Å². The number of thiophene rings is 1. The fourth-order valence-electron chi connectivity index (χ4n) is 3.45. The Balaban J connectivity index is 1.58. The monoisotopic (exact) mass is 429 g/mol. The molecule has 0 saturated heterocycles. The molecular weight excluding hydrogens is 406 g/mol. The highest BCUT2D eigenvalue weighted by Gasteiger charge is 2.28. The summed E-state index contributed by atoms with van der Waals surface area (Å²) < 4.78 is 23.2. The molecule has 2 heterocycles. The molecule has 6 nitrogen and oxygen atoms in total. The zero-order chi connectivity index (χ0) is 20.9. The first-order valence-electron chi connectivity index (χ1n) is 9.53. The van der Waals surface area contributed by atoms with Gasteiger partial charge >= 0.3 is 0 Å². The van der Waals surface area contributed by atoms with Gasteiger partial charge in [-0.3, -0.25) is 4.79 Å². The third kappa shape index (κ3) is 3.91. The van der Waals surface area contributed by atoms with E-state index in [2.05, 4.69) is 10.3 Å². The molecule has 3 aromatic rings. The van der Waals surface area contributed by atoms with Crippen molar-refractivity contribution in [3.05, 3.63) is 51.8 Å². The Hall–Kier alpha value is -2.32. The summed E-state index contributed by atoms with van der Waals surface area (Å²) >= 11 is 1.41. The van der Waals surface area contributed by atoms with Gasteiger partial charge < -0.3 is 5.32 Å². The third-order valence-corrected chi connectivity index (χ3v) is 7.61. The zero-order valence-electron chi connectivity index (χ0n) is 16.8. The fourth-order valence-corrected chi connectivity index (χ4v) is 5.22. The number of amides is 1. The van der Waals surface area contributed by atoms with Gasteiger partial charge in [-0.2, -0.15) is 0 Å². The average molecular weight is 430 g/mol. The molecule has 8 heteroatoms. The highest BCUT2D eigenvalue weighted by molar-refractivity contribution is 7.90. The number of aromatic nitrogens is 2. The summed E-state index contributed by atoms with van der Waals surface area (Å²) in [5.74, 6) is 1.20. The van der Waals surface area contributed by atoms with Crippen molar-refractivity contribution in [1.29, 1.82) is 0 Å². The van der Waals surface area contributed by atoms with Gasteiger partial charge in [-0.15, -0.1) is 11.3 Å². The van der Waals surface area contributed by atoms with E-state index in [0.29, 0.717) is 10.8 Å². The first-order chi connectivity index (χ1) is 13.6. The number of nitrogens with one attached hydrogen (secondary N) is 1. The lowest BCUT2D eigenvalue weighted by Crippen LogP contribution is -2.26. The van der Waals surface area contributed by atoms with Crippen molar-refractivity contribution in [3.63, 3.8) is 0 Å². The van der Waals surface area contributed by atoms with Crippen LogP contribution < -0.4 is 5.32 Å². The van der Waals surface area contributed by atoms with Crippen LogP contribution in [0.3, 0.4) is 0 Å². The molecule has 4 rings (SSSR count). The Morgan fingerprint density at radius 3 is 2.41 bits per heavy atom. The van der Waals surface area contributed by atoms with Crippen LogP contribution in [-0.4, -0.2) is 30.5 Å². The van der Waals surface area contributed by atoms with Gasteiger partial charge in [0.1, 0.15) is 10.7 Å². The summed E-state index contributed by atoms with van der Waals surface area (Å²) in [4.78, 5) is 24.1. The first-order valence-corrected chi connectivity index (χ1v) is 12.2. The van der Waals surface area contributed by atoms with E-state index < -0.39 is 9.84 Å². The molecule has 1 aliphatic rings. The third-order valence-electron chi connectivity index (χ3n) is 5.29. The van der Waals surface area contributed by atoms with E-state index in [9.17, 15) is 13.2 Å². The van der Waals surface area contributed by atoms with Crippen LogP contribution in [-0.2, 0) is 9.84 Å². The van der Waals surface area contributed by atoms with E-state index in [0.717, 1.165) is 45.7 Å². The lowest BCUT2D eigenvalue weighted by atomic mass is 10.1. The SMILES string of the molecule is Cc1nc(C2CC2)nc2sc(C(=O)NC(C)c3ccc(S(C)(=O)=O)cc3)c(C)c12. The summed E-state index contributed by atoms with van der Waals surface area (Å²) in [6, 6.07) is 6.34. The summed E-state index contributed by atoms with van der Waals surface area (Å²) in [5.41, 5.74) is 2.67. The van der Waals surface area contributed by atoms with Crippen molar-refractivity contribution >= 4 is 37.3 Å². The Kier molecular flexibility index (Phi) is 4.94. The first kappa shape index (κ1) is 20.0. The fraction of sp³-hybridized carbons (Fsp3) is 0.381. The van der Waals surface area contributed by atoms with Gasteiger partial charge in [-0.05, 0) is 56.9 Å². The van der Waals surface area contributed by atoms with Crippen LogP contribution in [0.4, 0.5) is 0 Å². The van der Waals surface area contributed by atoms with Crippen LogP contribution in [0, 0.1) is 13.8 Å². The number of benzene rings is 1. The molecule has 1 N–H and O–H groups in total. The largest absolute Gasteiger partial charge is 0.345 e. The summed E-state index contributed by atoms with van der Waals surface area (Å²) in [5, 5.41) is 3.98. The Labute approximate surface area is 174 Å². The second-order valence-corrected chi connectivity index (χ2v) is 10.7. The quantitative estimate of drug-likeness (QED) is 0.660. The minimum absolute atomic E-state index is 0.155. The number of rotatable bonds is 5. The normalized spacial score (nSPS) is 15.4. The van der Waals surface area contributed by atoms with Gasteiger partial charge in [0.2, 0.25) is 0 Å². The molecule has 1 aliphatic carbocycles. The maximum atomic E-state index is 12.9. The molecule has 1 amide bonds. The topological polar surface area (TPSA) is 89.0 Å².